The average Bonchev–Trinajstić information content (AvgIpc) is 3.29. The van der Waals surface area contributed by atoms with Crippen molar-refractivity contribution in [2.45, 2.75) is 50.6 Å². The number of aromatic nitrogens is 3. The molecule has 166 valence electrons. The molecule has 32 heavy (non-hydrogen) atoms. The van der Waals surface area contributed by atoms with Crippen molar-refractivity contribution in [3.8, 4) is 11.3 Å². The van der Waals surface area contributed by atoms with Crippen LogP contribution in [0.2, 0.25) is 0 Å². The second-order valence-corrected chi connectivity index (χ2v) is 8.72. The Hall–Kier alpha value is -3.42. The summed E-state index contributed by atoms with van der Waals surface area (Å²) in [6.45, 7) is 0.991. The number of nitrogens with zero attached hydrogens (tertiary/aromatic N) is 4. The van der Waals surface area contributed by atoms with Gasteiger partial charge >= 0.3 is 6.09 Å². The van der Waals surface area contributed by atoms with Gasteiger partial charge in [-0.15, -0.1) is 0 Å². The fourth-order valence-corrected chi connectivity index (χ4v) is 4.73. The second-order valence-electron chi connectivity index (χ2n) is 8.72. The topological polar surface area (TPSA) is 103 Å². The minimum absolute atomic E-state index is 0.0335. The van der Waals surface area contributed by atoms with Gasteiger partial charge in [0.25, 0.3) is 0 Å². The predicted molar refractivity (Wildman–Crippen MR) is 125 cm³/mol. The van der Waals surface area contributed by atoms with Gasteiger partial charge in [0.2, 0.25) is 0 Å². The zero-order valence-electron chi connectivity index (χ0n) is 18.0. The number of pyridine rings is 3. The van der Waals surface area contributed by atoms with Crippen LogP contribution in [0.3, 0.4) is 0 Å². The van der Waals surface area contributed by atoms with Crippen molar-refractivity contribution in [1.29, 1.82) is 0 Å². The van der Waals surface area contributed by atoms with Crippen molar-refractivity contribution in [3.63, 3.8) is 0 Å². The van der Waals surface area contributed by atoms with Crippen LogP contribution in [-0.2, 0) is 0 Å². The highest BCUT2D eigenvalue weighted by molar-refractivity contribution is 5.94. The minimum atomic E-state index is -0.875. The van der Waals surface area contributed by atoms with Gasteiger partial charge in [-0.25, -0.2) is 14.8 Å². The van der Waals surface area contributed by atoms with Crippen LogP contribution in [0.4, 0.5) is 16.4 Å². The van der Waals surface area contributed by atoms with Crippen LogP contribution in [0.5, 0.6) is 0 Å². The van der Waals surface area contributed by atoms with Crippen molar-refractivity contribution < 1.29 is 9.90 Å². The van der Waals surface area contributed by atoms with Crippen LogP contribution in [0.25, 0.3) is 22.0 Å². The lowest BCUT2D eigenvalue weighted by molar-refractivity contribution is 0.155. The highest BCUT2D eigenvalue weighted by Gasteiger charge is 2.26. The zero-order chi connectivity index (χ0) is 21.9. The zero-order valence-corrected chi connectivity index (χ0v) is 18.0. The average molecular weight is 433 g/mol. The lowest BCUT2D eigenvalue weighted by Crippen LogP contribution is -2.30. The maximum absolute atomic E-state index is 11.3. The number of hydrogen-bond acceptors (Lipinski definition) is 6. The third-order valence-corrected chi connectivity index (χ3v) is 6.44. The summed E-state index contributed by atoms with van der Waals surface area (Å²) in [4.78, 5) is 26.5. The lowest BCUT2D eigenvalue weighted by Gasteiger charge is -2.23. The predicted octanol–water partition coefficient (Wildman–Crippen LogP) is 4.60. The normalized spacial score (nSPS) is 19.2. The van der Waals surface area contributed by atoms with E-state index in [1.54, 1.807) is 6.20 Å². The molecule has 4 heterocycles. The van der Waals surface area contributed by atoms with Gasteiger partial charge in [-0.1, -0.05) is 19.3 Å². The fourth-order valence-electron chi connectivity index (χ4n) is 4.73. The molecule has 1 aliphatic heterocycles. The Kier molecular flexibility index (Phi) is 5.75. The fraction of sp³-hybridized carbons (Fsp3) is 0.417. The maximum atomic E-state index is 11.3. The van der Waals surface area contributed by atoms with Crippen molar-refractivity contribution in [1.82, 2.24) is 19.9 Å². The summed E-state index contributed by atoms with van der Waals surface area (Å²) in [6.07, 6.45) is 11.5. The minimum Gasteiger partial charge on any atom is -0.465 e. The second kappa shape index (κ2) is 8.98. The molecule has 0 radical (unpaired) electrons. The number of fused-ring (bicyclic) bond motifs is 1. The Labute approximate surface area is 187 Å². The first-order valence-corrected chi connectivity index (χ1v) is 11.4. The molecule has 0 aromatic carbocycles. The largest absolute Gasteiger partial charge is 0.465 e. The smallest absolute Gasteiger partial charge is 0.407 e. The Morgan fingerprint density at radius 2 is 1.91 bits per heavy atom. The first-order chi connectivity index (χ1) is 15.7. The number of carbonyl (C=O) groups is 1. The number of likely N-dealkylation sites (tertiary alicyclic amines) is 1. The number of hydrogen-bond donors (Lipinski definition) is 3. The molecule has 1 amide bonds. The highest BCUT2D eigenvalue weighted by atomic mass is 16.4. The summed E-state index contributed by atoms with van der Waals surface area (Å²) >= 11 is 0. The van der Waals surface area contributed by atoms with Gasteiger partial charge in [0, 0.05) is 60.1 Å². The van der Waals surface area contributed by atoms with E-state index in [0.717, 1.165) is 40.1 Å². The van der Waals surface area contributed by atoms with Crippen molar-refractivity contribution in [2.75, 3.05) is 23.7 Å². The molecule has 2 fully saturated rings. The molecule has 8 nitrogen and oxygen atoms in total. The van der Waals surface area contributed by atoms with Gasteiger partial charge in [0.05, 0.1) is 5.69 Å². The Balaban J connectivity index is 1.43. The first-order valence-electron chi connectivity index (χ1n) is 11.4. The van der Waals surface area contributed by atoms with Gasteiger partial charge in [0.15, 0.2) is 0 Å². The molecule has 0 unspecified atom stereocenters. The highest BCUT2D eigenvalue weighted by Crippen LogP contribution is 2.30. The molecule has 1 aliphatic carbocycles. The van der Waals surface area contributed by atoms with Crippen LogP contribution >= 0.6 is 0 Å². The lowest BCUT2D eigenvalue weighted by atomic mass is 9.95. The molecular weight excluding hydrogens is 404 g/mol. The number of rotatable bonds is 5. The number of carboxylic acid groups (broad SMARTS) is 1. The maximum Gasteiger partial charge on any atom is 0.407 e. The monoisotopic (exact) mass is 432 g/mol. The summed E-state index contributed by atoms with van der Waals surface area (Å²) in [7, 11) is 0. The third-order valence-electron chi connectivity index (χ3n) is 6.44. The van der Waals surface area contributed by atoms with Crippen molar-refractivity contribution >= 4 is 28.5 Å². The van der Waals surface area contributed by atoms with Crippen LogP contribution in [0, 0.1) is 0 Å². The van der Waals surface area contributed by atoms with Crippen LogP contribution in [0.15, 0.2) is 42.9 Å². The van der Waals surface area contributed by atoms with Crippen molar-refractivity contribution in [3.05, 3.63) is 42.9 Å². The van der Waals surface area contributed by atoms with E-state index in [1.807, 2.05) is 30.6 Å². The molecule has 1 saturated heterocycles. The van der Waals surface area contributed by atoms with E-state index in [-0.39, 0.29) is 6.04 Å². The SMILES string of the molecule is O=C(O)N1CC[C@@H](Nc2nc(-c3ccnc(NC4CCCCC4)c3)cc3cnccc23)C1. The first kappa shape index (κ1) is 20.5. The number of nitrogens with one attached hydrogen (secondary N) is 2. The molecule has 3 aromatic heterocycles. The summed E-state index contributed by atoms with van der Waals surface area (Å²) in [5.74, 6) is 1.64. The molecule has 3 aromatic rings. The Bertz CT molecular complexity index is 1110. The molecule has 1 atom stereocenters. The van der Waals surface area contributed by atoms with E-state index in [9.17, 15) is 9.90 Å². The molecule has 0 spiro atoms. The standard InChI is InChI=1S/C24H28N6O2/c31-24(32)30-11-8-19(15-30)28-23-20-7-9-25-14-17(20)12-21(29-23)16-6-10-26-22(13-16)27-18-4-2-1-3-5-18/h6-7,9-10,12-14,18-19H,1-5,8,11,15H2,(H,26,27)(H,28,29)(H,31,32)/t19-/m1/s1. The molecule has 5 rings (SSSR count). The molecule has 1 saturated carbocycles. The number of anilines is 2. The van der Waals surface area contributed by atoms with Gasteiger partial charge < -0.3 is 20.6 Å². The Morgan fingerprint density at radius 1 is 1.03 bits per heavy atom. The van der Waals surface area contributed by atoms with Crippen LogP contribution in [-0.4, -0.2) is 56.2 Å². The van der Waals surface area contributed by atoms with E-state index < -0.39 is 6.09 Å². The number of amides is 1. The summed E-state index contributed by atoms with van der Waals surface area (Å²) in [5.41, 5.74) is 1.83. The van der Waals surface area contributed by atoms with E-state index in [4.69, 9.17) is 4.98 Å². The summed E-state index contributed by atoms with van der Waals surface area (Å²) in [5, 5.41) is 18.3. The van der Waals surface area contributed by atoms with Crippen LogP contribution < -0.4 is 10.6 Å². The quantitative estimate of drug-likeness (QED) is 0.541. The molecular formula is C24H28N6O2. The third kappa shape index (κ3) is 4.44. The van der Waals surface area contributed by atoms with Gasteiger partial charge in [-0.3, -0.25) is 4.98 Å². The molecule has 2 aliphatic rings. The van der Waals surface area contributed by atoms with Crippen LogP contribution in [0.1, 0.15) is 38.5 Å². The molecule has 8 heteroatoms. The van der Waals surface area contributed by atoms with E-state index in [2.05, 4.69) is 26.7 Å². The van der Waals surface area contributed by atoms with Gasteiger partial charge in [0.1, 0.15) is 11.6 Å². The van der Waals surface area contributed by atoms with Crippen molar-refractivity contribution in [2.24, 2.45) is 0 Å². The van der Waals surface area contributed by atoms with E-state index in [0.29, 0.717) is 19.1 Å². The molecule has 0 bridgehead atoms. The molecule has 3 N–H and O–H groups in total. The van der Waals surface area contributed by atoms with Gasteiger partial charge in [-0.05, 0) is 43.5 Å². The van der Waals surface area contributed by atoms with Gasteiger partial charge in [-0.2, -0.15) is 0 Å². The Morgan fingerprint density at radius 3 is 2.72 bits per heavy atom. The summed E-state index contributed by atoms with van der Waals surface area (Å²) in [6, 6.07) is 8.54. The van der Waals surface area contributed by atoms with E-state index in [1.165, 1.54) is 37.0 Å². The van der Waals surface area contributed by atoms with E-state index >= 15 is 0 Å². The summed E-state index contributed by atoms with van der Waals surface area (Å²) < 4.78 is 0.